The number of nitrogens with zero attached hydrogens (tertiary/aromatic N) is 1. The lowest BCUT2D eigenvalue weighted by Gasteiger charge is -2.29. The molecule has 1 rings (SSSR count). The standard InChI is InChI=1S/C13H19N3/c1-4-13(3,5-2)16-11-7-6-10(9-14)12(15)8-11/h6-8,16H,4-5,15H2,1-3H3. The third-order valence-corrected chi connectivity index (χ3v) is 3.18. The van der Waals surface area contributed by atoms with Crippen molar-refractivity contribution in [1.29, 1.82) is 5.26 Å². The first kappa shape index (κ1) is 12.4. The summed E-state index contributed by atoms with van der Waals surface area (Å²) < 4.78 is 0. The van der Waals surface area contributed by atoms with Crippen LogP contribution in [0.1, 0.15) is 39.2 Å². The summed E-state index contributed by atoms with van der Waals surface area (Å²) in [6.07, 6.45) is 2.09. The van der Waals surface area contributed by atoms with Gasteiger partial charge in [-0.1, -0.05) is 13.8 Å². The number of nitrogen functional groups attached to an aromatic ring is 1. The Bertz CT molecular complexity index is 400. The van der Waals surface area contributed by atoms with Crippen LogP contribution in [-0.4, -0.2) is 5.54 Å². The molecular weight excluding hydrogens is 198 g/mol. The third kappa shape index (κ3) is 2.66. The Morgan fingerprint density at radius 2 is 2.00 bits per heavy atom. The molecule has 0 bridgehead atoms. The van der Waals surface area contributed by atoms with Crippen LogP contribution in [0.15, 0.2) is 18.2 Å². The molecule has 0 spiro atoms. The molecule has 0 unspecified atom stereocenters. The summed E-state index contributed by atoms with van der Waals surface area (Å²) in [6, 6.07) is 7.54. The van der Waals surface area contributed by atoms with Crippen LogP contribution in [0.3, 0.4) is 0 Å². The molecule has 16 heavy (non-hydrogen) atoms. The van der Waals surface area contributed by atoms with Crippen LogP contribution < -0.4 is 11.1 Å². The van der Waals surface area contributed by atoms with Crippen LogP contribution in [0.25, 0.3) is 0 Å². The molecule has 0 atom stereocenters. The topological polar surface area (TPSA) is 61.8 Å². The van der Waals surface area contributed by atoms with Crippen molar-refractivity contribution in [2.45, 2.75) is 39.2 Å². The maximum Gasteiger partial charge on any atom is 0.101 e. The first-order chi connectivity index (χ1) is 7.54. The maximum absolute atomic E-state index is 8.78. The van der Waals surface area contributed by atoms with Crippen molar-refractivity contribution in [3.63, 3.8) is 0 Å². The second-order valence-corrected chi connectivity index (χ2v) is 4.31. The monoisotopic (exact) mass is 217 g/mol. The van der Waals surface area contributed by atoms with Gasteiger partial charge < -0.3 is 11.1 Å². The molecule has 0 aliphatic rings. The third-order valence-electron chi connectivity index (χ3n) is 3.18. The number of nitriles is 1. The van der Waals surface area contributed by atoms with Crippen molar-refractivity contribution < 1.29 is 0 Å². The Balaban J connectivity index is 2.91. The molecule has 86 valence electrons. The van der Waals surface area contributed by atoms with Gasteiger partial charge in [-0.2, -0.15) is 5.26 Å². The van der Waals surface area contributed by atoms with Crippen molar-refractivity contribution in [3.8, 4) is 6.07 Å². The summed E-state index contributed by atoms with van der Waals surface area (Å²) in [5.74, 6) is 0. The highest BCUT2D eigenvalue weighted by Crippen LogP contribution is 2.24. The van der Waals surface area contributed by atoms with Gasteiger partial charge in [-0.3, -0.25) is 0 Å². The average Bonchev–Trinajstić information content (AvgIpc) is 2.29. The predicted octanol–water partition coefficient (Wildman–Crippen LogP) is 3.13. The van der Waals surface area contributed by atoms with E-state index in [1.165, 1.54) is 0 Å². The average molecular weight is 217 g/mol. The number of hydrogen-bond donors (Lipinski definition) is 2. The lowest BCUT2D eigenvalue weighted by Crippen LogP contribution is -2.32. The molecule has 3 heteroatoms. The molecule has 0 aliphatic heterocycles. The van der Waals surface area contributed by atoms with E-state index in [1.807, 2.05) is 12.1 Å². The smallest absolute Gasteiger partial charge is 0.101 e. The van der Waals surface area contributed by atoms with E-state index in [9.17, 15) is 0 Å². The number of benzene rings is 1. The van der Waals surface area contributed by atoms with E-state index in [0.29, 0.717) is 11.3 Å². The van der Waals surface area contributed by atoms with Crippen molar-refractivity contribution >= 4 is 11.4 Å². The molecule has 3 N–H and O–H groups in total. The Morgan fingerprint density at radius 1 is 1.38 bits per heavy atom. The summed E-state index contributed by atoms with van der Waals surface area (Å²) in [5, 5.41) is 12.2. The van der Waals surface area contributed by atoms with Crippen LogP contribution in [-0.2, 0) is 0 Å². The minimum atomic E-state index is 0.0839. The van der Waals surface area contributed by atoms with Gasteiger partial charge in [0.1, 0.15) is 6.07 Å². The molecule has 0 aliphatic carbocycles. The zero-order valence-corrected chi connectivity index (χ0v) is 10.2. The lowest BCUT2D eigenvalue weighted by molar-refractivity contribution is 0.478. The highest BCUT2D eigenvalue weighted by molar-refractivity contribution is 5.63. The van der Waals surface area contributed by atoms with Gasteiger partial charge in [-0.05, 0) is 38.0 Å². The maximum atomic E-state index is 8.78. The lowest BCUT2D eigenvalue weighted by atomic mass is 9.95. The molecule has 0 fully saturated rings. The Hall–Kier alpha value is -1.69. The fourth-order valence-electron chi connectivity index (χ4n) is 1.52. The molecule has 1 aromatic carbocycles. The van der Waals surface area contributed by atoms with Crippen LogP contribution in [0.5, 0.6) is 0 Å². The molecular formula is C13H19N3. The van der Waals surface area contributed by atoms with Crippen LogP contribution in [0.4, 0.5) is 11.4 Å². The number of anilines is 2. The van der Waals surface area contributed by atoms with Gasteiger partial charge in [-0.15, -0.1) is 0 Å². The first-order valence-corrected chi connectivity index (χ1v) is 5.62. The van der Waals surface area contributed by atoms with E-state index in [2.05, 4.69) is 32.2 Å². The fourth-order valence-corrected chi connectivity index (χ4v) is 1.52. The van der Waals surface area contributed by atoms with E-state index in [0.717, 1.165) is 18.5 Å². The second-order valence-electron chi connectivity index (χ2n) is 4.31. The summed E-state index contributed by atoms with van der Waals surface area (Å²) in [5.41, 5.74) is 7.89. The number of nitrogens with two attached hydrogens (primary N) is 1. The quantitative estimate of drug-likeness (QED) is 0.762. The molecule has 1 aromatic rings. The largest absolute Gasteiger partial charge is 0.398 e. The van der Waals surface area contributed by atoms with Crippen LogP contribution >= 0.6 is 0 Å². The van der Waals surface area contributed by atoms with E-state index >= 15 is 0 Å². The van der Waals surface area contributed by atoms with Crippen molar-refractivity contribution in [1.82, 2.24) is 0 Å². The van der Waals surface area contributed by atoms with Gasteiger partial charge in [0.15, 0.2) is 0 Å². The van der Waals surface area contributed by atoms with Crippen molar-refractivity contribution in [3.05, 3.63) is 23.8 Å². The van der Waals surface area contributed by atoms with E-state index in [-0.39, 0.29) is 5.54 Å². The molecule has 3 nitrogen and oxygen atoms in total. The Labute approximate surface area is 97.3 Å². The second kappa shape index (κ2) is 4.89. The molecule has 0 aromatic heterocycles. The summed E-state index contributed by atoms with van der Waals surface area (Å²) in [4.78, 5) is 0. The number of nitrogens with one attached hydrogen (secondary N) is 1. The minimum absolute atomic E-state index is 0.0839. The van der Waals surface area contributed by atoms with Gasteiger partial charge in [0, 0.05) is 11.2 Å². The Kier molecular flexibility index (Phi) is 3.78. The van der Waals surface area contributed by atoms with Crippen molar-refractivity contribution in [2.24, 2.45) is 0 Å². The van der Waals surface area contributed by atoms with E-state index in [1.54, 1.807) is 6.07 Å². The van der Waals surface area contributed by atoms with Gasteiger partial charge in [0.05, 0.1) is 11.3 Å². The number of hydrogen-bond acceptors (Lipinski definition) is 3. The first-order valence-electron chi connectivity index (χ1n) is 5.62. The zero-order valence-electron chi connectivity index (χ0n) is 10.2. The van der Waals surface area contributed by atoms with Gasteiger partial charge in [0.25, 0.3) is 0 Å². The normalized spacial score (nSPS) is 10.9. The summed E-state index contributed by atoms with van der Waals surface area (Å²) >= 11 is 0. The SMILES string of the molecule is CCC(C)(CC)Nc1ccc(C#N)c(N)c1. The van der Waals surface area contributed by atoms with Gasteiger partial charge in [0.2, 0.25) is 0 Å². The molecule has 0 amide bonds. The Morgan fingerprint density at radius 3 is 2.44 bits per heavy atom. The highest BCUT2D eigenvalue weighted by Gasteiger charge is 2.18. The van der Waals surface area contributed by atoms with Crippen LogP contribution in [0.2, 0.25) is 0 Å². The zero-order chi connectivity index (χ0) is 12.2. The fraction of sp³-hybridized carbons (Fsp3) is 0.462. The van der Waals surface area contributed by atoms with E-state index in [4.69, 9.17) is 11.0 Å². The van der Waals surface area contributed by atoms with Gasteiger partial charge in [-0.25, -0.2) is 0 Å². The molecule has 0 radical (unpaired) electrons. The highest BCUT2D eigenvalue weighted by atomic mass is 15.0. The molecule has 0 saturated heterocycles. The van der Waals surface area contributed by atoms with Crippen LogP contribution in [0, 0.1) is 11.3 Å². The molecule has 0 heterocycles. The van der Waals surface area contributed by atoms with Gasteiger partial charge >= 0.3 is 0 Å². The summed E-state index contributed by atoms with van der Waals surface area (Å²) in [6.45, 7) is 6.49. The number of rotatable bonds is 4. The summed E-state index contributed by atoms with van der Waals surface area (Å²) in [7, 11) is 0. The molecule has 0 saturated carbocycles. The van der Waals surface area contributed by atoms with E-state index < -0.39 is 0 Å². The predicted molar refractivity (Wildman–Crippen MR) is 68.2 cm³/mol. The minimum Gasteiger partial charge on any atom is -0.398 e. The van der Waals surface area contributed by atoms with Crippen molar-refractivity contribution in [2.75, 3.05) is 11.1 Å².